The second-order valence-electron chi connectivity index (χ2n) is 6.31. The minimum Gasteiger partial charge on any atom is -0.462 e. The molecule has 1 amide bonds. The molecule has 108 valence electrons. The van der Waals surface area contributed by atoms with Gasteiger partial charge in [0.15, 0.2) is 0 Å². The molecule has 4 heteroatoms. The fourth-order valence-electron chi connectivity index (χ4n) is 4.00. The Morgan fingerprint density at radius 3 is 2.37 bits per heavy atom. The predicted octanol–water partition coefficient (Wildman–Crippen LogP) is 2.36. The summed E-state index contributed by atoms with van der Waals surface area (Å²) in [5, 5.41) is 0. The fraction of sp³-hybridized carbons (Fsp3) is 0.867. The summed E-state index contributed by atoms with van der Waals surface area (Å²) < 4.78 is 5.53. The quantitative estimate of drug-likeness (QED) is 0.685. The zero-order valence-corrected chi connectivity index (χ0v) is 12.4. The van der Waals surface area contributed by atoms with Crippen molar-refractivity contribution in [3.8, 4) is 0 Å². The highest BCUT2D eigenvalue weighted by molar-refractivity contribution is 5.74. The van der Waals surface area contributed by atoms with E-state index >= 15 is 0 Å². The third kappa shape index (κ3) is 2.93. The number of rotatable bonds is 1. The molecule has 1 aliphatic carbocycles. The van der Waals surface area contributed by atoms with Crippen molar-refractivity contribution in [1.82, 2.24) is 4.90 Å². The number of nitrogens with zero attached hydrogens (tertiary/aromatic N) is 1. The van der Waals surface area contributed by atoms with Crippen LogP contribution in [0.5, 0.6) is 0 Å². The first kappa shape index (κ1) is 14.4. The van der Waals surface area contributed by atoms with Crippen molar-refractivity contribution < 1.29 is 14.3 Å². The van der Waals surface area contributed by atoms with Crippen molar-refractivity contribution in [2.24, 2.45) is 11.8 Å². The predicted molar refractivity (Wildman–Crippen MR) is 72.4 cm³/mol. The highest BCUT2D eigenvalue weighted by atomic mass is 16.5. The van der Waals surface area contributed by atoms with Crippen LogP contribution < -0.4 is 0 Å². The molecule has 3 unspecified atom stereocenters. The maximum atomic E-state index is 11.9. The van der Waals surface area contributed by atoms with Gasteiger partial charge in [0.05, 0.1) is 0 Å². The molecule has 0 aromatic carbocycles. The summed E-state index contributed by atoms with van der Waals surface area (Å²) >= 11 is 0. The van der Waals surface area contributed by atoms with Crippen molar-refractivity contribution in [3.05, 3.63) is 0 Å². The van der Waals surface area contributed by atoms with Crippen LogP contribution in [0.3, 0.4) is 0 Å². The molecule has 2 fully saturated rings. The normalized spacial score (nSPS) is 38.5. The van der Waals surface area contributed by atoms with Gasteiger partial charge in [-0.05, 0) is 32.1 Å². The molecule has 1 heterocycles. The molecule has 0 spiro atoms. The minimum absolute atomic E-state index is 0.0177. The Morgan fingerprint density at radius 1 is 1.11 bits per heavy atom. The summed E-state index contributed by atoms with van der Waals surface area (Å²) in [5.74, 6) is 0.915. The number of carbonyl (C=O) groups is 2. The first-order valence-electron chi connectivity index (χ1n) is 7.36. The molecule has 19 heavy (non-hydrogen) atoms. The monoisotopic (exact) mass is 267 g/mol. The van der Waals surface area contributed by atoms with Crippen LogP contribution in [0.15, 0.2) is 0 Å². The van der Waals surface area contributed by atoms with Gasteiger partial charge in [-0.1, -0.05) is 6.92 Å². The van der Waals surface area contributed by atoms with Crippen LogP contribution >= 0.6 is 0 Å². The van der Waals surface area contributed by atoms with E-state index in [9.17, 15) is 9.59 Å². The molecule has 0 radical (unpaired) electrons. The van der Waals surface area contributed by atoms with E-state index in [1.165, 1.54) is 6.92 Å². The number of hydrogen-bond acceptors (Lipinski definition) is 3. The van der Waals surface area contributed by atoms with Crippen molar-refractivity contribution >= 4 is 11.9 Å². The van der Waals surface area contributed by atoms with Crippen LogP contribution in [0, 0.1) is 11.8 Å². The number of esters is 1. The summed E-state index contributed by atoms with van der Waals surface area (Å²) in [7, 11) is 0. The fourth-order valence-corrected chi connectivity index (χ4v) is 4.00. The average molecular weight is 267 g/mol. The van der Waals surface area contributed by atoms with Gasteiger partial charge in [0.25, 0.3) is 0 Å². The molecule has 1 saturated carbocycles. The second kappa shape index (κ2) is 5.51. The van der Waals surface area contributed by atoms with E-state index in [1.54, 1.807) is 6.92 Å². The SMILES string of the molecule is CC(=O)O[C@H]1C[C@@H](C)N(C(C)=O)C2CCC(C)CC21. The van der Waals surface area contributed by atoms with E-state index in [0.717, 1.165) is 25.7 Å². The summed E-state index contributed by atoms with van der Waals surface area (Å²) in [5.41, 5.74) is 0. The van der Waals surface area contributed by atoms with E-state index < -0.39 is 0 Å². The van der Waals surface area contributed by atoms with Gasteiger partial charge in [0.1, 0.15) is 6.10 Å². The zero-order valence-electron chi connectivity index (χ0n) is 12.4. The molecule has 1 saturated heterocycles. The van der Waals surface area contributed by atoms with E-state index in [4.69, 9.17) is 4.74 Å². The lowest BCUT2D eigenvalue weighted by molar-refractivity contribution is -0.164. The Morgan fingerprint density at radius 2 is 1.79 bits per heavy atom. The Balaban J connectivity index is 2.21. The number of hydrogen-bond donors (Lipinski definition) is 0. The van der Waals surface area contributed by atoms with Crippen LogP contribution in [0.25, 0.3) is 0 Å². The lowest BCUT2D eigenvalue weighted by Gasteiger charge is -2.51. The molecule has 2 aliphatic rings. The number of piperidine rings is 1. The van der Waals surface area contributed by atoms with Crippen LogP contribution in [-0.2, 0) is 14.3 Å². The smallest absolute Gasteiger partial charge is 0.302 e. The topological polar surface area (TPSA) is 46.6 Å². The van der Waals surface area contributed by atoms with Crippen LogP contribution in [0.2, 0.25) is 0 Å². The standard InChI is InChI=1S/C15H25NO3/c1-9-5-6-14-13(7-9)15(19-12(4)18)8-10(2)16(14)11(3)17/h9-10,13-15H,5-8H2,1-4H3/t9?,10-,13?,14?,15+/m1/s1. The molecular weight excluding hydrogens is 242 g/mol. The second-order valence-corrected chi connectivity index (χ2v) is 6.31. The van der Waals surface area contributed by atoms with Crippen molar-refractivity contribution in [3.63, 3.8) is 0 Å². The minimum atomic E-state index is -0.203. The van der Waals surface area contributed by atoms with Gasteiger partial charge in [-0.2, -0.15) is 0 Å². The number of amides is 1. The van der Waals surface area contributed by atoms with Gasteiger partial charge >= 0.3 is 5.97 Å². The van der Waals surface area contributed by atoms with Gasteiger partial charge in [-0.3, -0.25) is 9.59 Å². The van der Waals surface area contributed by atoms with Crippen molar-refractivity contribution in [2.75, 3.05) is 0 Å². The third-order valence-electron chi connectivity index (χ3n) is 4.69. The average Bonchev–Trinajstić information content (AvgIpc) is 2.28. The first-order chi connectivity index (χ1) is 8.90. The van der Waals surface area contributed by atoms with Crippen LogP contribution in [0.4, 0.5) is 0 Å². The molecular formula is C15H25NO3. The van der Waals surface area contributed by atoms with Gasteiger partial charge in [0.2, 0.25) is 5.91 Å². The number of likely N-dealkylation sites (tertiary alicyclic amines) is 1. The van der Waals surface area contributed by atoms with Gasteiger partial charge < -0.3 is 9.64 Å². The molecule has 1 aliphatic heterocycles. The highest BCUT2D eigenvalue weighted by Crippen LogP contribution is 2.41. The maximum absolute atomic E-state index is 11.9. The molecule has 0 N–H and O–H groups in total. The van der Waals surface area contributed by atoms with Gasteiger partial charge in [-0.15, -0.1) is 0 Å². The molecule has 2 rings (SSSR count). The third-order valence-corrected chi connectivity index (χ3v) is 4.69. The van der Waals surface area contributed by atoms with Crippen molar-refractivity contribution in [1.29, 1.82) is 0 Å². The zero-order chi connectivity index (χ0) is 14.2. The Kier molecular flexibility index (Phi) is 4.16. The van der Waals surface area contributed by atoms with E-state index in [-0.39, 0.29) is 30.1 Å². The number of fused-ring (bicyclic) bond motifs is 1. The highest BCUT2D eigenvalue weighted by Gasteiger charge is 2.46. The lowest BCUT2D eigenvalue weighted by atomic mass is 9.71. The van der Waals surface area contributed by atoms with Crippen LogP contribution in [-0.4, -0.2) is 35.0 Å². The Bertz CT molecular complexity index is 368. The summed E-state index contributed by atoms with van der Waals surface area (Å²) in [4.78, 5) is 25.2. The van der Waals surface area contributed by atoms with Crippen molar-refractivity contribution in [2.45, 2.75) is 71.6 Å². The van der Waals surface area contributed by atoms with Gasteiger partial charge in [0, 0.05) is 38.3 Å². The number of ether oxygens (including phenoxy) is 1. The van der Waals surface area contributed by atoms with Gasteiger partial charge in [-0.25, -0.2) is 0 Å². The van der Waals surface area contributed by atoms with E-state index in [0.29, 0.717) is 11.8 Å². The molecule has 4 nitrogen and oxygen atoms in total. The summed E-state index contributed by atoms with van der Waals surface area (Å²) in [6, 6.07) is 0.415. The molecule has 0 aromatic heterocycles. The first-order valence-corrected chi connectivity index (χ1v) is 7.36. The summed E-state index contributed by atoms with van der Waals surface area (Å²) in [6.45, 7) is 7.43. The summed E-state index contributed by atoms with van der Waals surface area (Å²) in [6.07, 6.45) is 4.00. The van der Waals surface area contributed by atoms with E-state index in [2.05, 4.69) is 13.8 Å². The van der Waals surface area contributed by atoms with E-state index in [1.807, 2.05) is 4.90 Å². The molecule has 0 aromatic rings. The maximum Gasteiger partial charge on any atom is 0.302 e. The molecule has 0 bridgehead atoms. The largest absolute Gasteiger partial charge is 0.462 e. The number of carbonyl (C=O) groups excluding carboxylic acids is 2. The Hall–Kier alpha value is -1.06. The lowest BCUT2D eigenvalue weighted by Crippen LogP contribution is -2.59. The Labute approximate surface area is 115 Å². The van der Waals surface area contributed by atoms with Crippen LogP contribution in [0.1, 0.15) is 53.4 Å². The molecule has 5 atom stereocenters.